The number of amides is 1. The molecule has 0 N–H and O–H groups in total. The van der Waals surface area contributed by atoms with Crippen LogP contribution in [0.5, 0.6) is 0 Å². The minimum atomic E-state index is -4.26. The van der Waals surface area contributed by atoms with E-state index in [1.165, 1.54) is 6.42 Å². The summed E-state index contributed by atoms with van der Waals surface area (Å²) in [6, 6.07) is -0.138. The zero-order valence-corrected chi connectivity index (χ0v) is 9.54. The van der Waals surface area contributed by atoms with E-state index < -0.39 is 12.7 Å². The standard InChI is InChI=1S/C12H16F3NO/c13-12(14,15)6-16(10-1-2-10)11(17)9-4-7-3-8(7)5-9/h7-10H,1-6H2. The van der Waals surface area contributed by atoms with Crippen LogP contribution in [0.25, 0.3) is 0 Å². The van der Waals surface area contributed by atoms with Crippen molar-refractivity contribution in [1.29, 1.82) is 0 Å². The average molecular weight is 247 g/mol. The summed E-state index contributed by atoms with van der Waals surface area (Å²) < 4.78 is 37.3. The molecule has 17 heavy (non-hydrogen) atoms. The van der Waals surface area contributed by atoms with Crippen LogP contribution in [-0.4, -0.2) is 29.6 Å². The molecular formula is C12H16F3NO. The molecule has 3 rings (SSSR count). The van der Waals surface area contributed by atoms with Crippen molar-refractivity contribution in [2.45, 2.75) is 44.3 Å². The largest absolute Gasteiger partial charge is 0.406 e. The Morgan fingerprint density at radius 3 is 2.18 bits per heavy atom. The summed E-state index contributed by atoms with van der Waals surface area (Å²) in [5.41, 5.74) is 0. The van der Waals surface area contributed by atoms with Crippen molar-refractivity contribution in [1.82, 2.24) is 4.90 Å². The number of carbonyl (C=O) groups excluding carboxylic acids is 1. The van der Waals surface area contributed by atoms with Gasteiger partial charge in [-0.2, -0.15) is 13.2 Å². The fourth-order valence-corrected chi connectivity index (χ4v) is 3.12. The number of hydrogen-bond acceptors (Lipinski definition) is 1. The van der Waals surface area contributed by atoms with Crippen molar-refractivity contribution in [3.8, 4) is 0 Å². The molecule has 3 aliphatic carbocycles. The average Bonchev–Trinajstić information content (AvgIpc) is 3.13. The third-order valence-electron chi connectivity index (χ3n) is 4.21. The maximum absolute atomic E-state index is 12.4. The molecule has 0 bridgehead atoms. The fraction of sp³-hybridized carbons (Fsp3) is 0.917. The molecule has 0 heterocycles. The summed E-state index contributed by atoms with van der Waals surface area (Å²) in [6.45, 7) is -1.05. The lowest BCUT2D eigenvalue weighted by Gasteiger charge is -2.27. The van der Waals surface area contributed by atoms with Crippen molar-refractivity contribution in [3.05, 3.63) is 0 Å². The first-order valence-corrected chi connectivity index (χ1v) is 6.31. The minimum absolute atomic E-state index is 0.123. The molecule has 5 heteroatoms. The monoisotopic (exact) mass is 247 g/mol. The van der Waals surface area contributed by atoms with Crippen LogP contribution >= 0.6 is 0 Å². The predicted octanol–water partition coefficient (Wildman–Crippen LogP) is 2.59. The molecule has 2 atom stereocenters. The molecule has 2 nitrogen and oxygen atoms in total. The summed E-state index contributed by atoms with van der Waals surface area (Å²) in [7, 11) is 0. The lowest BCUT2D eigenvalue weighted by molar-refractivity contribution is -0.165. The Morgan fingerprint density at radius 1 is 1.12 bits per heavy atom. The maximum Gasteiger partial charge on any atom is 0.406 e. The Kier molecular flexibility index (Phi) is 2.42. The molecule has 96 valence electrons. The molecule has 3 aliphatic rings. The van der Waals surface area contributed by atoms with E-state index in [1.807, 2.05) is 0 Å². The van der Waals surface area contributed by atoms with Gasteiger partial charge in [-0.15, -0.1) is 0 Å². The van der Waals surface area contributed by atoms with E-state index >= 15 is 0 Å². The number of rotatable bonds is 3. The first kappa shape index (κ1) is 11.4. The normalized spacial score (nSPS) is 35.6. The lowest BCUT2D eigenvalue weighted by atomic mass is 10.0. The highest BCUT2D eigenvalue weighted by Crippen LogP contribution is 2.55. The molecule has 2 unspecified atom stereocenters. The van der Waals surface area contributed by atoms with E-state index in [2.05, 4.69) is 0 Å². The molecule has 3 fully saturated rings. The number of alkyl halides is 3. The predicted molar refractivity (Wildman–Crippen MR) is 55.1 cm³/mol. The second-order valence-electron chi connectivity index (χ2n) is 5.74. The highest BCUT2D eigenvalue weighted by atomic mass is 19.4. The molecule has 0 spiro atoms. The van der Waals surface area contributed by atoms with Crippen molar-refractivity contribution < 1.29 is 18.0 Å². The van der Waals surface area contributed by atoms with Crippen LogP contribution in [0.3, 0.4) is 0 Å². The van der Waals surface area contributed by atoms with Gasteiger partial charge in [-0.05, 0) is 43.9 Å². The molecule has 3 saturated carbocycles. The van der Waals surface area contributed by atoms with E-state index in [-0.39, 0.29) is 17.9 Å². The summed E-state index contributed by atoms with van der Waals surface area (Å²) in [6.07, 6.45) is 0.0458. The van der Waals surface area contributed by atoms with E-state index in [1.54, 1.807) is 0 Å². The fourth-order valence-electron chi connectivity index (χ4n) is 3.12. The van der Waals surface area contributed by atoms with Crippen molar-refractivity contribution in [3.63, 3.8) is 0 Å². The summed E-state index contributed by atoms with van der Waals surface area (Å²) in [5, 5.41) is 0. The molecule has 0 aromatic rings. The Labute approximate surface area is 98.2 Å². The first-order chi connectivity index (χ1) is 7.94. The van der Waals surface area contributed by atoms with Gasteiger partial charge in [0, 0.05) is 12.0 Å². The van der Waals surface area contributed by atoms with E-state index in [0.717, 1.165) is 30.6 Å². The van der Waals surface area contributed by atoms with Gasteiger partial charge in [-0.25, -0.2) is 0 Å². The summed E-state index contributed by atoms with van der Waals surface area (Å²) in [4.78, 5) is 13.2. The first-order valence-electron chi connectivity index (χ1n) is 6.31. The van der Waals surface area contributed by atoms with Gasteiger partial charge >= 0.3 is 6.18 Å². The zero-order valence-electron chi connectivity index (χ0n) is 9.54. The van der Waals surface area contributed by atoms with Gasteiger partial charge in [-0.1, -0.05) is 0 Å². The highest BCUT2D eigenvalue weighted by Gasteiger charge is 2.51. The van der Waals surface area contributed by atoms with Gasteiger partial charge < -0.3 is 4.90 Å². The molecule has 0 aromatic carbocycles. The molecule has 0 aliphatic heterocycles. The van der Waals surface area contributed by atoms with Crippen molar-refractivity contribution in [2.75, 3.05) is 6.54 Å². The van der Waals surface area contributed by atoms with Gasteiger partial charge in [0.15, 0.2) is 0 Å². The number of carbonyl (C=O) groups is 1. The van der Waals surface area contributed by atoms with Crippen LogP contribution in [0.4, 0.5) is 13.2 Å². The molecule has 0 radical (unpaired) electrons. The van der Waals surface area contributed by atoms with Crippen molar-refractivity contribution in [2.24, 2.45) is 17.8 Å². The lowest BCUT2D eigenvalue weighted by Crippen LogP contribution is -2.43. The van der Waals surface area contributed by atoms with Crippen molar-refractivity contribution >= 4 is 5.91 Å². The number of nitrogens with zero attached hydrogens (tertiary/aromatic N) is 1. The Morgan fingerprint density at radius 2 is 1.71 bits per heavy atom. The summed E-state index contributed by atoms with van der Waals surface area (Å²) >= 11 is 0. The summed E-state index contributed by atoms with van der Waals surface area (Å²) in [5.74, 6) is 0.908. The molecule has 1 amide bonds. The third-order valence-corrected chi connectivity index (χ3v) is 4.21. The SMILES string of the molecule is O=C(C1CC2CC2C1)N(CC(F)(F)F)C1CC1. The Bertz CT molecular complexity index is 327. The van der Waals surface area contributed by atoms with Gasteiger partial charge in [0.1, 0.15) is 6.54 Å². The van der Waals surface area contributed by atoms with E-state index in [0.29, 0.717) is 11.8 Å². The molecule has 0 aromatic heterocycles. The molecule has 0 saturated heterocycles. The highest BCUT2D eigenvalue weighted by molar-refractivity contribution is 5.80. The Hall–Kier alpha value is -0.740. The maximum atomic E-state index is 12.4. The van der Waals surface area contributed by atoms with Gasteiger partial charge in [0.2, 0.25) is 5.91 Å². The van der Waals surface area contributed by atoms with Crippen LogP contribution in [0.1, 0.15) is 32.1 Å². The minimum Gasteiger partial charge on any atom is -0.330 e. The van der Waals surface area contributed by atoms with E-state index in [4.69, 9.17) is 0 Å². The quantitative estimate of drug-likeness (QED) is 0.750. The number of hydrogen-bond donors (Lipinski definition) is 0. The van der Waals surface area contributed by atoms with Crippen LogP contribution < -0.4 is 0 Å². The second-order valence-corrected chi connectivity index (χ2v) is 5.74. The topological polar surface area (TPSA) is 20.3 Å². The smallest absolute Gasteiger partial charge is 0.330 e. The van der Waals surface area contributed by atoms with Crippen LogP contribution in [0.2, 0.25) is 0 Å². The van der Waals surface area contributed by atoms with E-state index in [9.17, 15) is 18.0 Å². The van der Waals surface area contributed by atoms with Crippen LogP contribution in [0.15, 0.2) is 0 Å². The van der Waals surface area contributed by atoms with Gasteiger partial charge in [0.25, 0.3) is 0 Å². The zero-order chi connectivity index (χ0) is 12.2. The van der Waals surface area contributed by atoms with Crippen LogP contribution in [0, 0.1) is 17.8 Å². The molecular weight excluding hydrogens is 231 g/mol. The Balaban J connectivity index is 1.64. The van der Waals surface area contributed by atoms with Crippen LogP contribution in [-0.2, 0) is 4.79 Å². The number of fused-ring (bicyclic) bond motifs is 1. The van der Waals surface area contributed by atoms with Gasteiger partial charge in [0.05, 0.1) is 0 Å². The third kappa shape index (κ3) is 2.43. The number of halogens is 3. The van der Waals surface area contributed by atoms with Gasteiger partial charge in [-0.3, -0.25) is 4.79 Å². The second kappa shape index (κ2) is 3.62.